The van der Waals surface area contributed by atoms with E-state index in [2.05, 4.69) is 20.3 Å². The van der Waals surface area contributed by atoms with Crippen LogP contribution in [0.25, 0.3) is 17.0 Å². The van der Waals surface area contributed by atoms with Gasteiger partial charge in [-0.1, -0.05) is 35.5 Å². The highest BCUT2D eigenvalue weighted by molar-refractivity contribution is 7.88. The van der Waals surface area contributed by atoms with E-state index in [1.54, 1.807) is 10.6 Å². The van der Waals surface area contributed by atoms with Gasteiger partial charge in [0.2, 0.25) is 10.0 Å². The lowest BCUT2D eigenvalue weighted by atomic mass is 10.2. The molecule has 10 nitrogen and oxygen atoms in total. The van der Waals surface area contributed by atoms with Crippen LogP contribution in [0.2, 0.25) is 0 Å². The van der Waals surface area contributed by atoms with E-state index in [-0.39, 0.29) is 5.75 Å². The topological polar surface area (TPSA) is 110 Å². The van der Waals surface area contributed by atoms with Crippen LogP contribution >= 0.6 is 0 Å². The molecule has 3 aromatic heterocycles. The van der Waals surface area contributed by atoms with Crippen LogP contribution in [0.4, 0.5) is 5.82 Å². The van der Waals surface area contributed by atoms with Crippen molar-refractivity contribution in [3.05, 3.63) is 60.5 Å². The predicted octanol–water partition coefficient (Wildman–Crippen LogP) is 1.43. The van der Waals surface area contributed by atoms with E-state index in [0.29, 0.717) is 43.3 Å². The maximum Gasteiger partial charge on any atom is 0.220 e. The van der Waals surface area contributed by atoms with Crippen LogP contribution in [-0.4, -0.2) is 63.9 Å². The van der Waals surface area contributed by atoms with Gasteiger partial charge in [-0.25, -0.2) is 8.42 Å². The molecule has 4 heterocycles. The lowest BCUT2D eigenvalue weighted by Gasteiger charge is -2.34. The van der Waals surface area contributed by atoms with Gasteiger partial charge in [0, 0.05) is 37.8 Å². The highest BCUT2D eigenvalue weighted by Crippen LogP contribution is 2.21. The number of sulfonamides is 1. The fourth-order valence-corrected chi connectivity index (χ4v) is 4.93. The standard InChI is InChI=1S/C19H19N7O3S/c27-30(28,14-16-8-13-29-23-16)25-11-9-24(10-12-25)18-7-6-17-20-21-19(26(17)22-18)15-4-2-1-3-5-15/h1-8,13H,9-12,14H2. The molecule has 0 amide bonds. The lowest BCUT2D eigenvalue weighted by Crippen LogP contribution is -2.49. The van der Waals surface area contributed by atoms with Crippen molar-refractivity contribution >= 4 is 21.5 Å². The molecule has 1 fully saturated rings. The van der Waals surface area contributed by atoms with Crippen molar-refractivity contribution in [1.82, 2.24) is 29.3 Å². The number of anilines is 1. The van der Waals surface area contributed by atoms with Gasteiger partial charge in [0.25, 0.3) is 0 Å². The van der Waals surface area contributed by atoms with E-state index in [1.165, 1.54) is 10.6 Å². The van der Waals surface area contributed by atoms with Gasteiger partial charge >= 0.3 is 0 Å². The van der Waals surface area contributed by atoms with Gasteiger partial charge in [-0.2, -0.15) is 8.82 Å². The monoisotopic (exact) mass is 425 g/mol. The molecular formula is C19H19N7O3S. The zero-order chi connectivity index (χ0) is 20.6. The summed E-state index contributed by atoms with van der Waals surface area (Å²) in [5.74, 6) is 1.27. The average molecular weight is 425 g/mol. The first-order valence-corrected chi connectivity index (χ1v) is 11.1. The lowest BCUT2D eigenvalue weighted by molar-refractivity contribution is 0.380. The van der Waals surface area contributed by atoms with Crippen LogP contribution in [0.3, 0.4) is 0 Å². The maximum atomic E-state index is 12.6. The Hall–Kier alpha value is -3.31. The van der Waals surface area contributed by atoms with Crippen molar-refractivity contribution in [2.24, 2.45) is 0 Å². The molecule has 1 aliphatic rings. The van der Waals surface area contributed by atoms with Crippen LogP contribution in [0, 0.1) is 0 Å². The van der Waals surface area contributed by atoms with E-state index in [9.17, 15) is 8.42 Å². The molecule has 5 rings (SSSR count). The number of hydrogen-bond acceptors (Lipinski definition) is 8. The second-order valence-electron chi connectivity index (χ2n) is 6.98. The molecule has 0 bridgehead atoms. The van der Waals surface area contributed by atoms with Crippen LogP contribution in [-0.2, 0) is 15.8 Å². The Kier molecular flexibility index (Phi) is 4.68. The highest BCUT2D eigenvalue weighted by atomic mass is 32.2. The molecular weight excluding hydrogens is 406 g/mol. The van der Waals surface area contributed by atoms with Crippen LogP contribution in [0.15, 0.2) is 59.3 Å². The molecule has 1 aliphatic heterocycles. The van der Waals surface area contributed by atoms with Crippen molar-refractivity contribution in [3.8, 4) is 11.4 Å². The first kappa shape index (κ1) is 18.7. The van der Waals surface area contributed by atoms with Crippen molar-refractivity contribution in [3.63, 3.8) is 0 Å². The Morgan fingerprint density at radius 1 is 0.933 bits per heavy atom. The van der Waals surface area contributed by atoms with Crippen LogP contribution in [0.1, 0.15) is 5.69 Å². The summed E-state index contributed by atoms with van der Waals surface area (Å²) in [6.45, 7) is 1.85. The van der Waals surface area contributed by atoms with Gasteiger partial charge in [0.05, 0.1) is 5.69 Å². The maximum absolute atomic E-state index is 12.6. The van der Waals surface area contributed by atoms with Gasteiger partial charge in [-0.05, 0) is 12.1 Å². The molecule has 0 radical (unpaired) electrons. The number of benzene rings is 1. The van der Waals surface area contributed by atoms with Gasteiger partial charge in [0.1, 0.15) is 17.8 Å². The summed E-state index contributed by atoms with van der Waals surface area (Å²) < 4.78 is 33.2. The molecule has 0 N–H and O–H groups in total. The van der Waals surface area contributed by atoms with Crippen LogP contribution in [0.5, 0.6) is 0 Å². The largest absolute Gasteiger partial charge is 0.364 e. The molecule has 0 saturated carbocycles. The Bertz CT molecular complexity index is 1250. The molecule has 0 spiro atoms. The third-order valence-corrected chi connectivity index (χ3v) is 6.87. The van der Waals surface area contributed by atoms with Gasteiger partial charge in [-0.3, -0.25) is 0 Å². The Morgan fingerprint density at radius 2 is 1.73 bits per heavy atom. The quantitative estimate of drug-likeness (QED) is 0.472. The highest BCUT2D eigenvalue weighted by Gasteiger charge is 2.28. The van der Waals surface area contributed by atoms with E-state index < -0.39 is 10.0 Å². The first-order chi connectivity index (χ1) is 14.6. The minimum atomic E-state index is -3.44. The molecule has 30 heavy (non-hydrogen) atoms. The fourth-order valence-electron chi connectivity index (χ4n) is 3.50. The van der Waals surface area contributed by atoms with Crippen molar-refractivity contribution in [1.29, 1.82) is 0 Å². The average Bonchev–Trinajstić information content (AvgIpc) is 3.43. The smallest absolute Gasteiger partial charge is 0.220 e. The minimum absolute atomic E-state index is 0.158. The fraction of sp³-hybridized carbons (Fsp3) is 0.263. The molecule has 1 saturated heterocycles. The van der Waals surface area contributed by atoms with Crippen molar-refractivity contribution < 1.29 is 12.9 Å². The third kappa shape index (κ3) is 3.53. The first-order valence-electron chi connectivity index (χ1n) is 9.50. The molecule has 4 aromatic rings. The molecule has 0 unspecified atom stereocenters. The summed E-state index contributed by atoms with van der Waals surface area (Å²) in [4.78, 5) is 2.07. The number of rotatable bonds is 5. The van der Waals surface area contributed by atoms with Gasteiger partial charge < -0.3 is 9.42 Å². The SMILES string of the molecule is O=S(=O)(Cc1ccon1)N1CCN(c2ccc3nnc(-c4ccccc4)n3n2)CC1. The number of fused-ring (bicyclic) bond motifs is 1. The zero-order valence-corrected chi connectivity index (χ0v) is 16.8. The molecule has 11 heteroatoms. The zero-order valence-electron chi connectivity index (χ0n) is 16.0. The van der Waals surface area contributed by atoms with E-state index in [0.717, 1.165) is 11.4 Å². The van der Waals surface area contributed by atoms with E-state index in [4.69, 9.17) is 9.62 Å². The van der Waals surface area contributed by atoms with E-state index in [1.807, 2.05) is 42.5 Å². The van der Waals surface area contributed by atoms with Crippen molar-refractivity contribution in [2.75, 3.05) is 31.1 Å². The second-order valence-corrected chi connectivity index (χ2v) is 8.95. The molecule has 1 aromatic carbocycles. The number of hydrogen-bond donors (Lipinski definition) is 0. The van der Waals surface area contributed by atoms with E-state index >= 15 is 0 Å². The summed E-state index contributed by atoms with van der Waals surface area (Å²) >= 11 is 0. The normalized spacial score (nSPS) is 15.7. The van der Waals surface area contributed by atoms with Gasteiger partial charge in [0.15, 0.2) is 11.5 Å². The molecule has 0 atom stereocenters. The number of nitrogens with zero attached hydrogens (tertiary/aromatic N) is 7. The van der Waals surface area contributed by atoms with Crippen molar-refractivity contribution in [2.45, 2.75) is 5.75 Å². The Balaban J connectivity index is 1.34. The van der Waals surface area contributed by atoms with Gasteiger partial charge in [-0.15, -0.1) is 15.3 Å². The predicted molar refractivity (Wildman–Crippen MR) is 109 cm³/mol. The molecule has 0 aliphatic carbocycles. The van der Waals surface area contributed by atoms with Crippen LogP contribution < -0.4 is 4.90 Å². The summed E-state index contributed by atoms with van der Waals surface area (Å²) in [5, 5.41) is 16.9. The number of piperazine rings is 1. The second kappa shape index (κ2) is 7.50. The Morgan fingerprint density at radius 3 is 2.47 bits per heavy atom. The summed E-state index contributed by atoms with van der Waals surface area (Å²) in [5.41, 5.74) is 2.00. The molecule has 154 valence electrons. The summed E-state index contributed by atoms with van der Waals surface area (Å²) in [6, 6.07) is 15.1. The number of aromatic nitrogens is 5. The summed E-state index contributed by atoms with van der Waals surface area (Å²) in [7, 11) is -3.44. The minimum Gasteiger partial charge on any atom is -0.364 e. The third-order valence-electron chi connectivity index (χ3n) is 5.06. The Labute approximate surface area is 172 Å². The summed E-state index contributed by atoms with van der Waals surface area (Å²) in [6.07, 6.45) is 1.37.